The van der Waals surface area contributed by atoms with Gasteiger partial charge in [0.2, 0.25) is 11.8 Å². The van der Waals surface area contributed by atoms with E-state index in [1.807, 2.05) is 19.1 Å². The summed E-state index contributed by atoms with van der Waals surface area (Å²) in [5.74, 6) is 0.0240. The smallest absolute Gasteiger partial charge is 0.246 e. The van der Waals surface area contributed by atoms with Crippen LogP contribution in [0.1, 0.15) is 26.2 Å². The first-order valence-electron chi connectivity index (χ1n) is 8.62. The van der Waals surface area contributed by atoms with Crippen LogP contribution in [0, 0.1) is 0 Å². The maximum Gasteiger partial charge on any atom is 0.246 e. The molecule has 24 heavy (non-hydrogen) atoms. The zero-order valence-corrected chi connectivity index (χ0v) is 14.8. The van der Waals surface area contributed by atoms with E-state index >= 15 is 0 Å². The van der Waals surface area contributed by atoms with Gasteiger partial charge in [0.25, 0.3) is 0 Å². The molecule has 2 aliphatic rings. The van der Waals surface area contributed by atoms with Crippen molar-refractivity contribution < 1.29 is 9.59 Å². The van der Waals surface area contributed by atoms with Crippen LogP contribution in [0.5, 0.6) is 0 Å². The highest BCUT2D eigenvalue weighted by atomic mass is 35.5. The molecule has 1 atom stereocenters. The Bertz CT molecular complexity index is 599. The van der Waals surface area contributed by atoms with Gasteiger partial charge >= 0.3 is 0 Å². The van der Waals surface area contributed by atoms with E-state index in [0.29, 0.717) is 18.1 Å². The average Bonchev–Trinajstić information content (AvgIpc) is 2.58. The normalized spacial score (nSPS) is 22.8. The van der Waals surface area contributed by atoms with E-state index in [0.717, 1.165) is 31.6 Å². The molecule has 5 nitrogen and oxygen atoms in total. The van der Waals surface area contributed by atoms with Crippen LogP contribution in [0.3, 0.4) is 0 Å². The number of piperidine rings is 1. The summed E-state index contributed by atoms with van der Waals surface area (Å²) >= 11 is 5.91. The molecule has 2 aliphatic heterocycles. The van der Waals surface area contributed by atoms with E-state index in [4.69, 9.17) is 11.6 Å². The van der Waals surface area contributed by atoms with Crippen molar-refractivity contribution in [1.29, 1.82) is 0 Å². The van der Waals surface area contributed by atoms with Gasteiger partial charge in [-0.3, -0.25) is 14.5 Å². The maximum absolute atomic E-state index is 12.6. The van der Waals surface area contributed by atoms with Crippen LogP contribution in [0.15, 0.2) is 24.3 Å². The Morgan fingerprint density at radius 3 is 2.50 bits per heavy atom. The standard InChI is InChI=1S/C18H24ClN3O2/c1-14-11-22(16-7-5-15(19)6-8-16)18(24)13-21(14)17(23)12-20-9-3-2-4-10-20/h5-8,14H,2-4,9-13H2,1H3. The van der Waals surface area contributed by atoms with Crippen molar-refractivity contribution in [2.75, 3.05) is 37.6 Å². The fourth-order valence-electron chi connectivity index (χ4n) is 3.46. The Balaban J connectivity index is 1.63. The Morgan fingerprint density at radius 2 is 1.83 bits per heavy atom. The minimum atomic E-state index is -0.0394. The number of rotatable bonds is 3. The lowest BCUT2D eigenvalue weighted by atomic mass is 10.1. The third-order valence-corrected chi connectivity index (χ3v) is 5.10. The van der Waals surface area contributed by atoms with Crippen molar-refractivity contribution in [3.63, 3.8) is 0 Å². The average molecular weight is 350 g/mol. The molecular formula is C18H24ClN3O2. The second kappa shape index (κ2) is 7.53. The molecular weight excluding hydrogens is 326 g/mol. The van der Waals surface area contributed by atoms with Gasteiger partial charge in [-0.05, 0) is 57.1 Å². The SMILES string of the molecule is CC1CN(c2ccc(Cl)cc2)C(=O)CN1C(=O)CN1CCCCC1. The second-order valence-electron chi connectivity index (χ2n) is 6.69. The van der Waals surface area contributed by atoms with Crippen molar-refractivity contribution >= 4 is 29.1 Å². The minimum absolute atomic E-state index is 0.00988. The molecule has 3 rings (SSSR count). The van der Waals surface area contributed by atoms with Crippen LogP contribution >= 0.6 is 11.6 Å². The molecule has 0 aromatic heterocycles. The summed E-state index contributed by atoms with van der Waals surface area (Å²) in [7, 11) is 0. The minimum Gasteiger partial charge on any atom is -0.328 e. The van der Waals surface area contributed by atoms with Gasteiger partial charge in [-0.15, -0.1) is 0 Å². The van der Waals surface area contributed by atoms with Gasteiger partial charge < -0.3 is 9.80 Å². The molecule has 6 heteroatoms. The van der Waals surface area contributed by atoms with E-state index in [2.05, 4.69) is 4.90 Å². The molecule has 2 fully saturated rings. The largest absolute Gasteiger partial charge is 0.328 e. The van der Waals surface area contributed by atoms with E-state index in [1.54, 1.807) is 21.9 Å². The maximum atomic E-state index is 12.6. The summed E-state index contributed by atoms with van der Waals surface area (Å²) in [6.45, 7) is 5.07. The molecule has 2 amide bonds. The number of carbonyl (C=O) groups excluding carboxylic acids is 2. The zero-order valence-electron chi connectivity index (χ0n) is 14.1. The van der Waals surface area contributed by atoms with Gasteiger partial charge in [0.1, 0.15) is 6.54 Å². The fourth-order valence-corrected chi connectivity index (χ4v) is 3.58. The van der Waals surface area contributed by atoms with Crippen LogP contribution in [0.25, 0.3) is 0 Å². The third-order valence-electron chi connectivity index (χ3n) is 4.85. The first-order valence-corrected chi connectivity index (χ1v) is 9.00. The van der Waals surface area contributed by atoms with Gasteiger partial charge in [-0.25, -0.2) is 0 Å². The summed E-state index contributed by atoms with van der Waals surface area (Å²) in [5.41, 5.74) is 0.833. The molecule has 0 saturated carbocycles. The van der Waals surface area contributed by atoms with Crippen LogP contribution in [-0.4, -0.2) is 60.4 Å². The monoisotopic (exact) mass is 349 g/mol. The number of anilines is 1. The van der Waals surface area contributed by atoms with Gasteiger partial charge in [-0.1, -0.05) is 18.0 Å². The lowest BCUT2D eigenvalue weighted by Crippen LogP contribution is -2.58. The van der Waals surface area contributed by atoms with Crippen LogP contribution in [0.2, 0.25) is 5.02 Å². The first kappa shape index (κ1) is 17.2. The lowest BCUT2D eigenvalue weighted by molar-refractivity contribution is -0.140. The number of piperazine rings is 1. The van der Waals surface area contributed by atoms with Gasteiger partial charge in [0.05, 0.1) is 6.54 Å². The number of amides is 2. The lowest BCUT2D eigenvalue weighted by Gasteiger charge is -2.40. The number of nitrogens with zero attached hydrogens (tertiary/aromatic N) is 3. The highest BCUT2D eigenvalue weighted by Crippen LogP contribution is 2.22. The summed E-state index contributed by atoms with van der Waals surface area (Å²) < 4.78 is 0. The van der Waals surface area contributed by atoms with E-state index in [1.165, 1.54) is 6.42 Å². The molecule has 130 valence electrons. The summed E-state index contributed by atoms with van der Waals surface area (Å²) in [6.07, 6.45) is 3.57. The van der Waals surface area contributed by atoms with Crippen molar-refractivity contribution in [1.82, 2.24) is 9.80 Å². The van der Waals surface area contributed by atoms with Gasteiger partial charge in [-0.2, -0.15) is 0 Å². The molecule has 2 heterocycles. The molecule has 0 bridgehead atoms. The summed E-state index contributed by atoms with van der Waals surface area (Å²) in [6, 6.07) is 7.26. The molecule has 0 spiro atoms. The number of carbonyl (C=O) groups is 2. The van der Waals surface area contributed by atoms with Crippen LogP contribution in [-0.2, 0) is 9.59 Å². The number of hydrogen-bond acceptors (Lipinski definition) is 3. The second-order valence-corrected chi connectivity index (χ2v) is 7.12. The number of benzene rings is 1. The number of hydrogen-bond donors (Lipinski definition) is 0. The number of halogens is 1. The highest BCUT2D eigenvalue weighted by Gasteiger charge is 2.33. The quantitative estimate of drug-likeness (QED) is 0.841. The first-order chi connectivity index (χ1) is 11.5. The molecule has 1 unspecified atom stereocenters. The van der Waals surface area contributed by atoms with E-state index in [9.17, 15) is 9.59 Å². The van der Waals surface area contributed by atoms with Gasteiger partial charge in [0, 0.05) is 23.3 Å². The molecule has 0 aliphatic carbocycles. The van der Waals surface area contributed by atoms with Gasteiger partial charge in [0.15, 0.2) is 0 Å². The van der Waals surface area contributed by atoms with Crippen molar-refractivity contribution in [3.8, 4) is 0 Å². The Morgan fingerprint density at radius 1 is 1.17 bits per heavy atom. The van der Waals surface area contributed by atoms with Crippen LogP contribution < -0.4 is 4.90 Å². The van der Waals surface area contributed by atoms with Crippen LogP contribution in [0.4, 0.5) is 5.69 Å². The summed E-state index contributed by atoms with van der Waals surface area (Å²) in [5, 5.41) is 0.648. The predicted molar refractivity (Wildman–Crippen MR) is 95.3 cm³/mol. The Labute approximate surface area is 148 Å². The fraction of sp³-hybridized carbons (Fsp3) is 0.556. The zero-order chi connectivity index (χ0) is 17.1. The molecule has 0 radical (unpaired) electrons. The Kier molecular flexibility index (Phi) is 5.41. The van der Waals surface area contributed by atoms with Crippen molar-refractivity contribution in [2.45, 2.75) is 32.2 Å². The topological polar surface area (TPSA) is 43.9 Å². The third kappa shape index (κ3) is 3.90. The van der Waals surface area contributed by atoms with Crippen molar-refractivity contribution in [2.24, 2.45) is 0 Å². The summed E-state index contributed by atoms with van der Waals surface area (Å²) in [4.78, 5) is 30.8. The molecule has 2 saturated heterocycles. The number of likely N-dealkylation sites (tertiary alicyclic amines) is 1. The van der Waals surface area contributed by atoms with E-state index in [-0.39, 0.29) is 24.4 Å². The van der Waals surface area contributed by atoms with E-state index < -0.39 is 0 Å². The van der Waals surface area contributed by atoms with Crippen molar-refractivity contribution in [3.05, 3.63) is 29.3 Å². The Hall–Kier alpha value is -1.59. The molecule has 1 aromatic carbocycles. The molecule has 1 aromatic rings. The highest BCUT2D eigenvalue weighted by molar-refractivity contribution is 6.30. The predicted octanol–water partition coefficient (Wildman–Crippen LogP) is 2.39. The molecule has 0 N–H and O–H groups in total.